The minimum Gasteiger partial charge on any atom is -0.539 e. The maximum Gasteiger partial charge on any atom is 0.261 e. The lowest BCUT2D eigenvalue weighted by atomic mass is 9.97. The fraction of sp³-hybridized carbons (Fsp3) is 0.524. The van der Waals surface area contributed by atoms with E-state index < -0.39 is 5.95 Å². The Hall–Kier alpha value is -2.18. The van der Waals surface area contributed by atoms with E-state index in [-0.39, 0.29) is 6.10 Å². The van der Waals surface area contributed by atoms with Crippen LogP contribution in [0.1, 0.15) is 43.5 Å². The number of hydrogen-bond acceptors (Lipinski definition) is 5. The third-order valence-electron chi connectivity index (χ3n) is 4.54. The quantitative estimate of drug-likeness (QED) is 0.567. The maximum absolute atomic E-state index is 12.2. The monoisotopic (exact) mass is 373 g/mol. The normalized spacial score (nSPS) is 14.1. The predicted octanol–water partition coefficient (Wildman–Crippen LogP) is 2.80. The summed E-state index contributed by atoms with van der Waals surface area (Å²) in [5.41, 5.74) is 1.70. The zero-order valence-corrected chi connectivity index (χ0v) is 16.8. The van der Waals surface area contributed by atoms with Crippen molar-refractivity contribution < 1.29 is 19.0 Å². The van der Waals surface area contributed by atoms with Crippen molar-refractivity contribution in [3.63, 3.8) is 0 Å². The highest BCUT2D eigenvalue weighted by Gasteiger charge is 2.28. The fourth-order valence-corrected chi connectivity index (χ4v) is 3.06. The van der Waals surface area contributed by atoms with Gasteiger partial charge >= 0.3 is 0 Å². The van der Waals surface area contributed by atoms with Crippen LogP contribution < -0.4 is 9.79 Å². The van der Waals surface area contributed by atoms with E-state index in [1.807, 2.05) is 32.3 Å². The molecule has 0 aliphatic heterocycles. The van der Waals surface area contributed by atoms with E-state index in [0.29, 0.717) is 18.2 Å². The largest absolute Gasteiger partial charge is 0.539 e. The van der Waals surface area contributed by atoms with Gasteiger partial charge in [-0.25, -0.2) is 0 Å². The van der Waals surface area contributed by atoms with Crippen LogP contribution in [0.3, 0.4) is 0 Å². The zero-order valence-electron chi connectivity index (χ0n) is 16.8. The van der Waals surface area contributed by atoms with Crippen molar-refractivity contribution in [2.45, 2.75) is 38.8 Å². The molecule has 27 heavy (non-hydrogen) atoms. The summed E-state index contributed by atoms with van der Waals surface area (Å²) < 4.78 is 12.2. The molecule has 6 heteroatoms. The van der Waals surface area contributed by atoms with Crippen LogP contribution in [0.25, 0.3) is 6.08 Å². The summed E-state index contributed by atoms with van der Waals surface area (Å²) in [4.78, 5) is 2.10. The fourth-order valence-electron chi connectivity index (χ4n) is 3.06. The molecule has 6 nitrogen and oxygen atoms in total. The van der Waals surface area contributed by atoms with Gasteiger partial charge in [-0.1, -0.05) is 54.1 Å². The molecule has 2 rings (SSSR count). The van der Waals surface area contributed by atoms with Crippen molar-refractivity contribution in [1.29, 1.82) is 0 Å². The molecule has 0 radical (unpaired) electrons. The predicted molar refractivity (Wildman–Crippen MR) is 103 cm³/mol. The minimum absolute atomic E-state index is 0.316. The Morgan fingerprint density at radius 1 is 1.30 bits per heavy atom. The van der Waals surface area contributed by atoms with E-state index in [2.05, 4.69) is 41.4 Å². The highest BCUT2D eigenvalue weighted by Crippen LogP contribution is 2.28. The van der Waals surface area contributed by atoms with Gasteiger partial charge in [-0.2, -0.15) is 0 Å². The van der Waals surface area contributed by atoms with Gasteiger partial charge < -0.3 is 19.3 Å². The third kappa shape index (κ3) is 6.81. The molecule has 2 aromatic rings. The molecule has 1 aromatic carbocycles. The number of methoxy groups -OCH3 is 1. The van der Waals surface area contributed by atoms with Gasteiger partial charge in [0, 0.05) is 20.1 Å². The second kappa shape index (κ2) is 10.8. The molecule has 0 aliphatic rings. The average molecular weight is 373 g/mol. The van der Waals surface area contributed by atoms with Gasteiger partial charge in [-0.15, -0.1) is 0 Å². The van der Waals surface area contributed by atoms with Gasteiger partial charge in [0.25, 0.3) is 5.69 Å². The van der Waals surface area contributed by atoms with Crippen molar-refractivity contribution in [2.75, 3.05) is 27.7 Å². The van der Waals surface area contributed by atoms with Crippen molar-refractivity contribution in [1.82, 2.24) is 10.2 Å². The Kier molecular flexibility index (Phi) is 8.48. The number of rotatable bonds is 11. The molecule has 0 fully saturated rings. The first-order valence-electron chi connectivity index (χ1n) is 9.47. The van der Waals surface area contributed by atoms with Gasteiger partial charge in [-0.3, -0.25) is 0 Å². The number of allylic oxidation sites excluding steroid dienone is 1. The molecular formula is C21H31N3O3. The molecule has 1 aromatic heterocycles. The lowest BCUT2D eigenvalue weighted by Crippen LogP contribution is -2.42. The standard InChI is InChI=1S/C21H31N3O3/c1-17(10-8-13-18-11-6-5-7-12-18)16-19(26-4)20-21(25)27-22-24(20)15-9-14-23(2)3/h5-8,11-13,17,19H,9-10,14-16H2,1-4H3/b13-8+. The van der Waals surface area contributed by atoms with E-state index in [1.54, 1.807) is 11.8 Å². The smallest absolute Gasteiger partial charge is 0.261 e. The van der Waals surface area contributed by atoms with Crippen LogP contribution in [0.15, 0.2) is 40.9 Å². The number of aromatic nitrogens is 2. The average Bonchev–Trinajstić information content (AvgIpc) is 3.01. The van der Waals surface area contributed by atoms with Gasteiger partial charge in [0.15, 0.2) is 12.5 Å². The first-order chi connectivity index (χ1) is 13.0. The minimum atomic E-state index is -0.404. The summed E-state index contributed by atoms with van der Waals surface area (Å²) in [5, 5.41) is 16.1. The first kappa shape index (κ1) is 21.1. The Balaban J connectivity index is 1.95. The molecule has 1 heterocycles. The topological polar surface area (TPSA) is 65.4 Å². The molecule has 2 unspecified atom stereocenters. The van der Waals surface area contributed by atoms with Crippen LogP contribution in [0.5, 0.6) is 5.95 Å². The number of benzene rings is 1. The zero-order chi connectivity index (χ0) is 19.6. The van der Waals surface area contributed by atoms with Crippen LogP contribution >= 0.6 is 0 Å². The van der Waals surface area contributed by atoms with Crippen LogP contribution in [0, 0.1) is 5.92 Å². The van der Waals surface area contributed by atoms with Crippen LogP contribution in [-0.2, 0) is 11.3 Å². The molecule has 0 amide bonds. The van der Waals surface area contributed by atoms with Gasteiger partial charge in [0.05, 0.1) is 5.27 Å². The maximum atomic E-state index is 12.2. The summed E-state index contributed by atoms with van der Waals surface area (Å²) in [6.45, 7) is 3.73. The number of aryl methyl sites for hydroxylation is 1. The summed E-state index contributed by atoms with van der Waals surface area (Å²) >= 11 is 0. The molecule has 0 aliphatic carbocycles. The van der Waals surface area contributed by atoms with Crippen LogP contribution in [-0.4, -0.2) is 37.9 Å². The lowest BCUT2D eigenvalue weighted by Gasteiger charge is -2.16. The van der Waals surface area contributed by atoms with Crippen molar-refractivity contribution in [3.05, 3.63) is 47.7 Å². The SMILES string of the molecule is COC(CC(C)C/C=C/c1ccccc1)c1c([O-])on[n+]1CCCN(C)C. The highest BCUT2D eigenvalue weighted by atomic mass is 16.6. The second-order valence-corrected chi connectivity index (χ2v) is 7.24. The van der Waals surface area contributed by atoms with E-state index in [0.717, 1.165) is 25.8 Å². The number of hydrogen-bond donors (Lipinski definition) is 0. The second-order valence-electron chi connectivity index (χ2n) is 7.24. The van der Waals surface area contributed by atoms with Crippen molar-refractivity contribution in [3.8, 4) is 5.95 Å². The van der Waals surface area contributed by atoms with Gasteiger partial charge in [-0.05, 0) is 38.4 Å². The Bertz CT molecular complexity index is 698. The Labute approximate surface area is 162 Å². The van der Waals surface area contributed by atoms with E-state index in [1.165, 1.54) is 5.56 Å². The molecule has 2 atom stereocenters. The number of ether oxygens (including phenoxy) is 1. The van der Waals surface area contributed by atoms with Crippen LogP contribution in [0.4, 0.5) is 0 Å². The molecule has 0 saturated carbocycles. The highest BCUT2D eigenvalue weighted by molar-refractivity contribution is 5.48. The molecule has 148 valence electrons. The van der Waals surface area contributed by atoms with Crippen molar-refractivity contribution in [2.24, 2.45) is 5.92 Å². The Morgan fingerprint density at radius 2 is 2.04 bits per heavy atom. The third-order valence-corrected chi connectivity index (χ3v) is 4.54. The van der Waals surface area contributed by atoms with E-state index in [4.69, 9.17) is 9.26 Å². The van der Waals surface area contributed by atoms with Crippen LogP contribution in [0.2, 0.25) is 0 Å². The number of nitrogens with zero attached hydrogens (tertiary/aromatic N) is 3. The van der Waals surface area contributed by atoms with Gasteiger partial charge in [0.2, 0.25) is 0 Å². The first-order valence-corrected chi connectivity index (χ1v) is 9.47. The summed E-state index contributed by atoms with van der Waals surface area (Å²) in [6.07, 6.45) is 6.52. The summed E-state index contributed by atoms with van der Waals surface area (Å²) in [7, 11) is 5.68. The summed E-state index contributed by atoms with van der Waals surface area (Å²) in [6, 6.07) is 10.2. The van der Waals surface area contributed by atoms with Gasteiger partial charge in [0.1, 0.15) is 6.10 Å². The van der Waals surface area contributed by atoms with Crippen molar-refractivity contribution >= 4 is 6.08 Å². The molecule has 0 saturated heterocycles. The van der Waals surface area contributed by atoms with E-state index >= 15 is 0 Å². The molecular weight excluding hydrogens is 342 g/mol. The molecule has 0 N–H and O–H groups in total. The van der Waals surface area contributed by atoms with E-state index in [9.17, 15) is 5.11 Å². The molecule has 0 bridgehead atoms. The Morgan fingerprint density at radius 3 is 2.70 bits per heavy atom. The lowest BCUT2D eigenvalue weighted by molar-refractivity contribution is -0.771. The summed E-state index contributed by atoms with van der Waals surface area (Å²) in [5.74, 6) is -0.0434. The molecule has 0 spiro atoms.